The van der Waals surface area contributed by atoms with Gasteiger partial charge in [0.25, 0.3) is 5.56 Å². The normalized spacial score (nSPS) is 10.9. The van der Waals surface area contributed by atoms with E-state index in [0.717, 1.165) is 5.56 Å². The lowest BCUT2D eigenvalue weighted by Crippen LogP contribution is -2.30. The van der Waals surface area contributed by atoms with Crippen molar-refractivity contribution in [2.45, 2.75) is 6.54 Å². The Labute approximate surface area is 123 Å². The molecule has 0 fully saturated rings. The molecular weight excluding hydrogens is 292 g/mol. The van der Waals surface area contributed by atoms with Crippen LogP contribution in [0.25, 0.3) is 11.2 Å². The summed E-state index contributed by atoms with van der Waals surface area (Å²) in [6.07, 6.45) is 3.40. The highest BCUT2D eigenvalue weighted by Gasteiger charge is 2.12. The molecular formula is C12H12N6O2S. The number of rotatable bonds is 3. The quantitative estimate of drug-likeness (QED) is 0.601. The molecule has 3 aromatic rings. The maximum atomic E-state index is 12.0. The second-order valence-corrected chi connectivity index (χ2v) is 4.86. The number of nitrogens with zero attached hydrogens (tertiary/aromatic N) is 3. The Morgan fingerprint density at radius 2 is 2.19 bits per heavy atom. The van der Waals surface area contributed by atoms with Crippen molar-refractivity contribution in [1.82, 2.24) is 24.2 Å². The number of aromatic nitrogens is 5. The van der Waals surface area contributed by atoms with Gasteiger partial charge in [-0.15, -0.1) is 0 Å². The first-order chi connectivity index (χ1) is 10.1. The molecule has 3 N–H and O–H groups in total. The van der Waals surface area contributed by atoms with E-state index in [4.69, 9.17) is 12.2 Å². The monoisotopic (exact) mass is 304 g/mol. The average Bonchev–Trinajstić information content (AvgIpc) is 2.81. The first-order valence-corrected chi connectivity index (χ1v) is 6.55. The van der Waals surface area contributed by atoms with E-state index in [-0.39, 0.29) is 5.52 Å². The highest BCUT2D eigenvalue weighted by Crippen LogP contribution is 2.06. The molecule has 8 nitrogen and oxygen atoms in total. The zero-order valence-electron chi connectivity index (χ0n) is 11.1. The van der Waals surface area contributed by atoms with E-state index in [1.165, 1.54) is 9.24 Å². The molecule has 0 saturated heterocycles. The zero-order valence-corrected chi connectivity index (χ0v) is 11.9. The second kappa shape index (κ2) is 5.02. The Hall–Kier alpha value is -2.68. The van der Waals surface area contributed by atoms with E-state index < -0.39 is 11.2 Å². The fraction of sp³-hybridized carbons (Fsp3) is 0.167. The molecule has 0 radical (unpaired) electrons. The molecule has 3 rings (SSSR count). The molecule has 21 heavy (non-hydrogen) atoms. The number of hydrogen-bond donors (Lipinski definition) is 3. The Balaban J connectivity index is 2.09. The third-order valence-electron chi connectivity index (χ3n) is 3.12. The van der Waals surface area contributed by atoms with Gasteiger partial charge in [-0.3, -0.25) is 19.3 Å². The van der Waals surface area contributed by atoms with E-state index in [9.17, 15) is 9.59 Å². The van der Waals surface area contributed by atoms with Gasteiger partial charge >= 0.3 is 5.69 Å². The zero-order chi connectivity index (χ0) is 15.0. The first kappa shape index (κ1) is 13.3. The van der Waals surface area contributed by atoms with Gasteiger partial charge in [0, 0.05) is 19.4 Å². The minimum atomic E-state index is -0.501. The molecule has 0 aliphatic rings. The highest BCUT2D eigenvalue weighted by molar-refractivity contribution is 7.71. The number of nitrogens with one attached hydrogen (secondary N) is 3. The van der Waals surface area contributed by atoms with E-state index in [1.54, 1.807) is 19.4 Å². The molecule has 0 unspecified atom stereocenters. The predicted octanol–water partition coefficient (Wildman–Crippen LogP) is 0.225. The van der Waals surface area contributed by atoms with Gasteiger partial charge in [-0.1, -0.05) is 6.07 Å². The third-order valence-corrected chi connectivity index (χ3v) is 3.40. The molecule has 0 bridgehead atoms. The Morgan fingerprint density at radius 3 is 2.90 bits per heavy atom. The molecule has 0 spiro atoms. The van der Waals surface area contributed by atoms with Gasteiger partial charge in [-0.05, 0) is 23.8 Å². The van der Waals surface area contributed by atoms with Crippen molar-refractivity contribution in [3.05, 3.63) is 55.7 Å². The molecule has 0 aliphatic heterocycles. The van der Waals surface area contributed by atoms with Crippen LogP contribution in [0, 0.1) is 4.77 Å². The van der Waals surface area contributed by atoms with Crippen LogP contribution in [0.1, 0.15) is 5.56 Å². The number of pyridine rings is 1. The van der Waals surface area contributed by atoms with Crippen LogP contribution in [0.15, 0.2) is 34.1 Å². The van der Waals surface area contributed by atoms with Crippen molar-refractivity contribution in [2.75, 3.05) is 5.43 Å². The maximum Gasteiger partial charge on any atom is 0.329 e. The summed E-state index contributed by atoms with van der Waals surface area (Å²) in [6, 6.07) is 3.72. The van der Waals surface area contributed by atoms with E-state index in [2.05, 4.69) is 20.4 Å². The van der Waals surface area contributed by atoms with Gasteiger partial charge in [0.15, 0.2) is 10.3 Å². The minimum Gasteiger partial charge on any atom is -0.319 e. The highest BCUT2D eigenvalue weighted by atomic mass is 32.1. The Bertz CT molecular complexity index is 965. The lowest BCUT2D eigenvalue weighted by atomic mass is 10.3. The molecule has 0 atom stereocenters. The average molecular weight is 304 g/mol. The van der Waals surface area contributed by atoms with E-state index in [1.807, 2.05) is 12.1 Å². The summed E-state index contributed by atoms with van der Waals surface area (Å²) in [4.78, 5) is 32.7. The van der Waals surface area contributed by atoms with Crippen LogP contribution in [0.5, 0.6) is 0 Å². The molecule has 9 heteroatoms. The van der Waals surface area contributed by atoms with Crippen LogP contribution in [-0.2, 0) is 13.6 Å². The minimum absolute atomic E-state index is 0.269. The van der Waals surface area contributed by atoms with Crippen LogP contribution in [0.2, 0.25) is 0 Å². The Morgan fingerprint density at radius 1 is 1.38 bits per heavy atom. The van der Waals surface area contributed by atoms with Gasteiger partial charge in [0.2, 0.25) is 0 Å². The predicted molar refractivity (Wildman–Crippen MR) is 80.3 cm³/mol. The molecule has 0 amide bonds. The van der Waals surface area contributed by atoms with Crippen molar-refractivity contribution >= 4 is 23.4 Å². The standard InChI is InChI=1S/C12H12N6O2S/c1-17-9-8(10(19)16-11(17)20)18(12(21)15-9)14-6-7-3-2-4-13-5-7/h2-5,14H,6H2,1H3,(H,15,21)(H,16,19,20). The number of hydrogen-bond acceptors (Lipinski definition) is 5. The van der Waals surface area contributed by atoms with Crippen LogP contribution in [0.3, 0.4) is 0 Å². The summed E-state index contributed by atoms with van der Waals surface area (Å²) in [5, 5.41) is 0. The summed E-state index contributed by atoms with van der Waals surface area (Å²) >= 11 is 5.19. The van der Waals surface area contributed by atoms with E-state index >= 15 is 0 Å². The van der Waals surface area contributed by atoms with Crippen molar-refractivity contribution in [1.29, 1.82) is 0 Å². The van der Waals surface area contributed by atoms with Gasteiger partial charge in [0.05, 0.1) is 6.54 Å². The van der Waals surface area contributed by atoms with Crippen LogP contribution < -0.4 is 16.7 Å². The summed E-state index contributed by atoms with van der Waals surface area (Å²) < 4.78 is 3.06. The number of H-pyrrole nitrogens is 2. The molecule has 108 valence electrons. The van der Waals surface area contributed by atoms with Crippen LogP contribution in [0.4, 0.5) is 0 Å². The topological polar surface area (TPSA) is 101 Å². The van der Waals surface area contributed by atoms with Gasteiger partial charge < -0.3 is 10.4 Å². The van der Waals surface area contributed by atoms with E-state index in [0.29, 0.717) is 17.0 Å². The first-order valence-electron chi connectivity index (χ1n) is 6.15. The number of aryl methyl sites for hydroxylation is 1. The van der Waals surface area contributed by atoms with Gasteiger partial charge in [-0.25, -0.2) is 9.47 Å². The fourth-order valence-electron chi connectivity index (χ4n) is 2.04. The lowest BCUT2D eigenvalue weighted by Gasteiger charge is -2.07. The van der Waals surface area contributed by atoms with Crippen molar-refractivity contribution in [3.8, 4) is 0 Å². The lowest BCUT2D eigenvalue weighted by molar-refractivity contribution is 0.821. The number of aromatic amines is 2. The number of imidazole rings is 1. The summed E-state index contributed by atoms with van der Waals surface area (Å²) in [5.41, 5.74) is 3.62. The van der Waals surface area contributed by atoms with Crippen LogP contribution in [-0.4, -0.2) is 24.2 Å². The maximum absolute atomic E-state index is 12.0. The molecule has 3 heterocycles. The molecule has 0 aromatic carbocycles. The fourth-order valence-corrected chi connectivity index (χ4v) is 2.29. The SMILES string of the molecule is Cn1c(=O)[nH]c(=O)c2c1[nH]c(=S)n2NCc1cccnc1. The van der Waals surface area contributed by atoms with Crippen molar-refractivity contribution < 1.29 is 0 Å². The molecule has 0 aliphatic carbocycles. The molecule has 3 aromatic heterocycles. The summed E-state index contributed by atoms with van der Waals surface area (Å²) in [5.74, 6) is 0. The van der Waals surface area contributed by atoms with Gasteiger partial charge in [0.1, 0.15) is 5.65 Å². The second-order valence-electron chi connectivity index (χ2n) is 4.48. The third kappa shape index (κ3) is 2.27. The summed E-state index contributed by atoms with van der Waals surface area (Å²) in [7, 11) is 1.55. The van der Waals surface area contributed by atoms with Crippen molar-refractivity contribution in [2.24, 2.45) is 7.05 Å². The molecule has 0 saturated carbocycles. The smallest absolute Gasteiger partial charge is 0.319 e. The number of fused-ring (bicyclic) bond motifs is 1. The van der Waals surface area contributed by atoms with Gasteiger partial charge in [-0.2, -0.15) is 0 Å². The Kier molecular flexibility index (Phi) is 3.18. The summed E-state index contributed by atoms with van der Waals surface area (Å²) in [6.45, 7) is 0.442. The largest absolute Gasteiger partial charge is 0.329 e. The van der Waals surface area contributed by atoms with Crippen molar-refractivity contribution in [3.63, 3.8) is 0 Å². The van der Waals surface area contributed by atoms with Crippen LogP contribution >= 0.6 is 12.2 Å².